The standard InChI is InChI=1S/C10H19NO4/c1-6-15-7(2)8(12)11(5)10(3,4)9(13)14/h7H,6H2,1-5H3,(H,13,14). The molecule has 1 N–H and O–H groups in total. The smallest absolute Gasteiger partial charge is 0.329 e. The summed E-state index contributed by atoms with van der Waals surface area (Å²) in [7, 11) is 1.46. The molecule has 0 fully saturated rings. The zero-order chi connectivity index (χ0) is 12.2. The molecule has 1 unspecified atom stereocenters. The number of hydrogen-bond acceptors (Lipinski definition) is 3. The lowest BCUT2D eigenvalue weighted by Crippen LogP contribution is -2.53. The Kier molecular flexibility index (Phi) is 4.74. The Morgan fingerprint density at radius 3 is 2.27 bits per heavy atom. The van der Waals surface area contributed by atoms with Gasteiger partial charge in [-0.15, -0.1) is 0 Å². The summed E-state index contributed by atoms with van der Waals surface area (Å²) >= 11 is 0. The summed E-state index contributed by atoms with van der Waals surface area (Å²) in [6.45, 7) is 6.78. The summed E-state index contributed by atoms with van der Waals surface area (Å²) in [5.74, 6) is -1.37. The van der Waals surface area contributed by atoms with E-state index < -0.39 is 17.6 Å². The van der Waals surface area contributed by atoms with Crippen molar-refractivity contribution in [1.82, 2.24) is 4.90 Å². The Hall–Kier alpha value is -1.10. The van der Waals surface area contributed by atoms with Crippen molar-refractivity contribution < 1.29 is 19.4 Å². The maximum Gasteiger partial charge on any atom is 0.329 e. The SMILES string of the molecule is CCOC(C)C(=O)N(C)C(C)(C)C(=O)O. The van der Waals surface area contributed by atoms with Crippen LogP contribution in [0.4, 0.5) is 0 Å². The average molecular weight is 217 g/mol. The van der Waals surface area contributed by atoms with Gasteiger partial charge in [-0.2, -0.15) is 0 Å². The third-order valence-corrected chi connectivity index (χ3v) is 2.46. The van der Waals surface area contributed by atoms with E-state index in [4.69, 9.17) is 9.84 Å². The van der Waals surface area contributed by atoms with Gasteiger partial charge in [0.2, 0.25) is 0 Å². The van der Waals surface area contributed by atoms with Gasteiger partial charge in [-0.1, -0.05) is 0 Å². The van der Waals surface area contributed by atoms with Crippen molar-refractivity contribution in [3.05, 3.63) is 0 Å². The van der Waals surface area contributed by atoms with Crippen molar-refractivity contribution in [1.29, 1.82) is 0 Å². The Labute approximate surface area is 90.0 Å². The molecule has 5 nitrogen and oxygen atoms in total. The maximum absolute atomic E-state index is 11.7. The zero-order valence-electron chi connectivity index (χ0n) is 9.90. The van der Waals surface area contributed by atoms with Crippen LogP contribution in [0.3, 0.4) is 0 Å². The minimum Gasteiger partial charge on any atom is -0.480 e. The van der Waals surface area contributed by atoms with Crippen LogP contribution in [-0.2, 0) is 14.3 Å². The third kappa shape index (κ3) is 3.20. The van der Waals surface area contributed by atoms with Crippen LogP contribution < -0.4 is 0 Å². The monoisotopic (exact) mass is 217 g/mol. The molecular weight excluding hydrogens is 198 g/mol. The Morgan fingerprint density at radius 1 is 1.47 bits per heavy atom. The second-order valence-corrected chi connectivity index (χ2v) is 3.86. The fourth-order valence-electron chi connectivity index (χ4n) is 1.01. The van der Waals surface area contributed by atoms with Crippen LogP contribution in [0.15, 0.2) is 0 Å². The van der Waals surface area contributed by atoms with Gasteiger partial charge in [-0.3, -0.25) is 4.79 Å². The van der Waals surface area contributed by atoms with Gasteiger partial charge in [-0.05, 0) is 27.7 Å². The first kappa shape index (κ1) is 13.9. The molecule has 5 heteroatoms. The van der Waals surface area contributed by atoms with E-state index in [-0.39, 0.29) is 5.91 Å². The van der Waals surface area contributed by atoms with Crippen molar-refractivity contribution in [2.75, 3.05) is 13.7 Å². The van der Waals surface area contributed by atoms with Crippen LogP contribution in [0.1, 0.15) is 27.7 Å². The van der Waals surface area contributed by atoms with E-state index in [1.807, 2.05) is 0 Å². The molecule has 15 heavy (non-hydrogen) atoms. The Bertz CT molecular complexity index is 250. The molecule has 1 atom stereocenters. The van der Waals surface area contributed by atoms with Crippen molar-refractivity contribution >= 4 is 11.9 Å². The lowest BCUT2D eigenvalue weighted by molar-refractivity contribution is -0.159. The summed E-state index contributed by atoms with van der Waals surface area (Å²) in [6, 6.07) is 0. The van der Waals surface area contributed by atoms with Gasteiger partial charge in [0.05, 0.1) is 0 Å². The molecule has 0 saturated heterocycles. The number of likely N-dealkylation sites (N-methyl/N-ethyl adjacent to an activating group) is 1. The van der Waals surface area contributed by atoms with Crippen LogP contribution in [-0.4, -0.2) is 47.2 Å². The largest absolute Gasteiger partial charge is 0.480 e. The molecule has 0 aliphatic carbocycles. The summed E-state index contributed by atoms with van der Waals surface area (Å²) in [4.78, 5) is 23.8. The molecule has 88 valence electrons. The van der Waals surface area contributed by atoms with Crippen LogP contribution in [0.25, 0.3) is 0 Å². The van der Waals surface area contributed by atoms with Gasteiger partial charge in [0.15, 0.2) is 0 Å². The molecule has 0 bridgehead atoms. The molecule has 0 spiro atoms. The highest BCUT2D eigenvalue weighted by Crippen LogP contribution is 2.14. The number of aliphatic carboxylic acids is 1. The fraction of sp³-hybridized carbons (Fsp3) is 0.800. The first-order valence-corrected chi connectivity index (χ1v) is 4.87. The van der Waals surface area contributed by atoms with Gasteiger partial charge in [0.25, 0.3) is 5.91 Å². The van der Waals surface area contributed by atoms with Gasteiger partial charge in [0, 0.05) is 13.7 Å². The van der Waals surface area contributed by atoms with E-state index in [1.165, 1.54) is 25.8 Å². The highest BCUT2D eigenvalue weighted by Gasteiger charge is 2.36. The second kappa shape index (κ2) is 5.11. The van der Waals surface area contributed by atoms with Crippen LogP contribution in [0, 0.1) is 0 Å². The van der Waals surface area contributed by atoms with E-state index >= 15 is 0 Å². The fourth-order valence-corrected chi connectivity index (χ4v) is 1.01. The van der Waals surface area contributed by atoms with E-state index in [1.54, 1.807) is 13.8 Å². The summed E-state index contributed by atoms with van der Waals surface area (Å²) in [5, 5.41) is 8.94. The average Bonchev–Trinajstić information content (AvgIpc) is 2.15. The van der Waals surface area contributed by atoms with Crippen molar-refractivity contribution in [3.8, 4) is 0 Å². The van der Waals surface area contributed by atoms with Gasteiger partial charge >= 0.3 is 5.97 Å². The number of nitrogens with zero attached hydrogens (tertiary/aromatic N) is 1. The molecule has 1 amide bonds. The number of hydrogen-bond donors (Lipinski definition) is 1. The normalized spacial score (nSPS) is 13.4. The highest BCUT2D eigenvalue weighted by atomic mass is 16.5. The van der Waals surface area contributed by atoms with Crippen molar-refractivity contribution in [3.63, 3.8) is 0 Å². The second-order valence-electron chi connectivity index (χ2n) is 3.86. The Balaban J connectivity index is 4.64. The summed E-state index contributed by atoms with van der Waals surface area (Å²) < 4.78 is 5.12. The minimum absolute atomic E-state index is 0.329. The zero-order valence-corrected chi connectivity index (χ0v) is 9.90. The molecule has 0 radical (unpaired) electrons. The molecular formula is C10H19NO4. The topological polar surface area (TPSA) is 66.8 Å². The summed E-state index contributed by atoms with van der Waals surface area (Å²) in [5.41, 5.74) is -1.22. The minimum atomic E-state index is -1.22. The van der Waals surface area contributed by atoms with Crippen LogP contribution in [0.2, 0.25) is 0 Å². The number of amides is 1. The number of carboxylic acids is 1. The molecule has 0 aromatic carbocycles. The van der Waals surface area contributed by atoms with Gasteiger partial charge in [0.1, 0.15) is 11.6 Å². The highest BCUT2D eigenvalue weighted by molar-refractivity contribution is 5.88. The van der Waals surface area contributed by atoms with Crippen molar-refractivity contribution in [2.24, 2.45) is 0 Å². The molecule has 0 aliphatic rings. The van der Waals surface area contributed by atoms with Gasteiger partial charge < -0.3 is 14.7 Å². The molecule has 0 aromatic rings. The predicted molar refractivity (Wildman–Crippen MR) is 55.6 cm³/mol. The molecule has 0 rings (SSSR count). The maximum atomic E-state index is 11.7. The van der Waals surface area contributed by atoms with E-state index in [0.29, 0.717) is 6.61 Å². The lowest BCUT2D eigenvalue weighted by atomic mass is 10.0. The number of carboxylic acid groups (broad SMARTS) is 1. The first-order chi connectivity index (χ1) is 6.75. The van der Waals surface area contributed by atoms with Crippen molar-refractivity contribution in [2.45, 2.75) is 39.3 Å². The molecule has 0 aromatic heterocycles. The summed E-state index contributed by atoms with van der Waals surface area (Å²) in [6.07, 6.45) is -0.612. The third-order valence-electron chi connectivity index (χ3n) is 2.46. The van der Waals surface area contributed by atoms with E-state index in [9.17, 15) is 9.59 Å². The first-order valence-electron chi connectivity index (χ1n) is 4.87. The number of ether oxygens (including phenoxy) is 1. The predicted octanol–water partition coefficient (Wildman–Crippen LogP) is 0.733. The molecule has 0 saturated carbocycles. The quantitative estimate of drug-likeness (QED) is 0.737. The molecule has 0 heterocycles. The van der Waals surface area contributed by atoms with E-state index in [0.717, 1.165) is 0 Å². The number of rotatable bonds is 5. The lowest BCUT2D eigenvalue weighted by Gasteiger charge is -2.33. The van der Waals surface area contributed by atoms with Crippen LogP contribution >= 0.6 is 0 Å². The van der Waals surface area contributed by atoms with Crippen LogP contribution in [0.5, 0.6) is 0 Å². The Morgan fingerprint density at radius 2 is 1.93 bits per heavy atom. The van der Waals surface area contributed by atoms with E-state index in [2.05, 4.69) is 0 Å². The number of carbonyl (C=O) groups excluding carboxylic acids is 1. The van der Waals surface area contributed by atoms with Gasteiger partial charge in [-0.25, -0.2) is 4.79 Å². The molecule has 0 aliphatic heterocycles. The number of carbonyl (C=O) groups is 2.